The van der Waals surface area contributed by atoms with E-state index in [2.05, 4.69) is 18.3 Å². The molecule has 1 aliphatic heterocycles. The summed E-state index contributed by atoms with van der Waals surface area (Å²) in [7, 11) is 0. The summed E-state index contributed by atoms with van der Waals surface area (Å²) in [4.78, 5) is 0. The van der Waals surface area contributed by atoms with Gasteiger partial charge in [0.15, 0.2) is 11.5 Å². The van der Waals surface area contributed by atoms with Crippen LogP contribution in [0.5, 0.6) is 11.5 Å². The van der Waals surface area contributed by atoms with E-state index in [4.69, 9.17) is 14.6 Å². The average molecular weight is 251 g/mol. The van der Waals surface area contributed by atoms with Crippen LogP contribution in [0.25, 0.3) is 0 Å². The molecule has 0 bridgehead atoms. The molecule has 1 heterocycles. The Hall–Kier alpha value is -1.26. The van der Waals surface area contributed by atoms with E-state index in [1.807, 2.05) is 19.1 Å². The molecule has 1 aliphatic rings. The largest absolute Gasteiger partial charge is 0.454 e. The van der Waals surface area contributed by atoms with E-state index < -0.39 is 0 Å². The molecule has 2 rings (SSSR count). The van der Waals surface area contributed by atoms with E-state index in [1.165, 1.54) is 5.56 Å². The third kappa shape index (κ3) is 3.37. The number of hydrogen-bond donors (Lipinski definition) is 2. The Balaban J connectivity index is 1.83. The summed E-state index contributed by atoms with van der Waals surface area (Å²) < 4.78 is 10.6. The monoisotopic (exact) mass is 251 g/mol. The molecular weight excluding hydrogens is 230 g/mol. The van der Waals surface area contributed by atoms with E-state index in [1.54, 1.807) is 0 Å². The van der Waals surface area contributed by atoms with Crippen molar-refractivity contribution in [1.29, 1.82) is 0 Å². The highest BCUT2D eigenvalue weighted by atomic mass is 16.7. The first-order valence-corrected chi connectivity index (χ1v) is 6.44. The molecule has 0 saturated carbocycles. The van der Waals surface area contributed by atoms with Crippen molar-refractivity contribution in [1.82, 2.24) is 5.32 Å². The van der Waals surface area contributed by atoms with Gasteiger partial charge < -0.3 is 19.9 Å². The Kier molecular flexibility index (Phi) is 4.44. The smallest absolute Gasteiger partial charge is 0.231 e. The van der Waals surface area contributed by atoms with Crippen LogP contribution in [0.2, 0.25) is 0 Å². The van der Waals surface area contributed by atoms with Crippen molar-refractivity contribution in [3.05, 3.63) is 23.8 Å². The first kappa shape index (κ1) is 13.2. The van der Waals surface area contributed by atoms with E-state index >= 15 is 0 Å². The number of hydrogen-bond acceptors (Lipinski definition) is 4. The normalized spacial score (nSPS) is 16.6. The summed E-state index contributed by atoms with van der Waals surface area (Å²) in [5.74, 6) is 1.68. The molecule has 2 atom stereocenters. The standard InChI is InChI=1S/C14H21NO3/c1-10(15-11(2)8-16)3-4-12-5-6-13-14(7-12)18-9-17-13/h5-7,10-11,15-16H,3-4,8-9H2,1-2H3/t10?,11-/m1/s1. The number of aliphatic hydroxyl groups excluding tert-OH is 1. The molecule has 100 valence electrons. The molecule has 0 aromatic heterocycles. The van der Waals surface area contributed by atoms with Gasteiger partial charge in [0.2, 0.25) is 6.79 Å². The third-order valence-corrected chi connectivity index (χ3v) is 3.15. The maximum Gasteiger partial charge on any atom is 0.231 e. The van der Waals surface area contributed by atoms with Crippen LogP contribution in [-0.4, -0.2) is 30.6 Å². The zero-order valence-electron chi connectivity index (χ0n) is 11.0. The Bertz CT molecular complexity index is 395. The summed E-state index contributed by atoms with van der Waals surface area (Å²) in [5.41, 5.74) is 1.25. The van der Waals surface area contributed by atoms with Gasteiger partial charge in [-0.2, -0.15) is 0 Å². The third-order valence-electron chi connectivity index (χ3n) is 3.15. The number of aryl methyl sites for hydroxylation is 1. The highest BCUT2D eigenvalue weighted by Crippen LogP contribution is 2.32. The lowest BCUT2D eigenvalue weighted by molar-refractivity contribution is 0.174. The topological polar surface area (TPSA) is 50.7 Å². The van der Waals surface area contributed by atoms with Crippen molar-refractivity contribution < 1.29 is 14.6 Å². The predicted octanol–water partition coefficient (Wildman–Crippen LogP) is 1.71. The lowest BCUT2D eigenvalue weighted by Crippen LogP contribution is -2.36. The molecule has 2 N–H and O–H groups in total. The van der Waals surface area contributed by atoms with Gasteiger partial charge in [0.05, 0.1) is 6.61 Å². The van der Waals surface area contributed by atoms with E-state index in [-0.39, 0.29) is 12.6 Å². The van der Waals surface area contributed by atoms with Crippen molar-refractivity contribution in [3.63, 3.8) is 0 Å². The van der Waals surface area contributed by atoms with Crippen molar-refractivity contribution >= 4 is 0 Å². The van der Waals surface area contributed by atoms with E-state index in [9.17, 15) is 0 Å². The minimum absolute atomic E-state index is 0.150. The molecule has 4 heteroatoms. The van der Waals surface area contributed by atoms with Crippen LogP contribution in [0, 0.1) is 0 Å². The molecule has 18 heavy (non-hydrogen) atoms. The minimum Gasteiger partial charge on any atom is -0.454 e. The summed E-state index contributed by atoms with van der Waals surface area (Å²) in [6, 6.07) is 6.63. The van der Waals surface area contributed by atoms with Gasteiger partial charge in [-0.25, -0.2) is 0 Å². The quantitative estimate of drug-likeness (QED) is 0.808. The zero-order chi connectivity index (χ0) is 13.0. The van der Waals surface area contributed by atoms with Gasteiger partial charge in [-0.05, 0) is 44.4 Å². The molecular formula is C14H21NO3. The van der Waals surface area contributed by atoms with Crippen molar-refractivity contribution in [2.75, 3.05) is 13.4 Å². The molecule has 1 unspecified atom stereocenters. The van der Waals surface area contributed by atoms with Gasteiger partial charge in [0.25, 0.3) is 0 Å². The highest BCUT2D eigenvalue weighted by Gasteiger charge is 2.13. The van der Waals surface area contributed by atoms with E-state index in [0.29, 0.717) is 12.8 Å². The second-order valence-corrected chi connectivity index (χ2v) is 4.88. The fraction of sp³-hybridized carbons (Fsp3) is 0.571. The first-order valence-electron chi connectivity index (χ1n) is 6.44. The van der Waals surface area contributed by atoms with Gasteiger partial charge in [0.1, 0.15) is 0 Å². The summed E-state index contributed by atoms with van der Waals surface area (Å²) in [5, 5.41) is 12.3. The lowest BCUT2D eigenvalue weighted by atomic mass is 10.1. The van der Waals surface area contributed by atoms with Crippen LogP contribution < -0.4 is 14.8 Å². The van der Waals surface area contributed by atoms with Gasteiger partial charge >= 0.3 is 0 Å². The number of aliphatic hydroxyl groups is 1. The number of ether oxygens (including phenoxy) is 2. The van der Waals surface area contributed by atoms with Gasteiger partial charge in [-0.15, -0.1) is 0 Å². The SMILES string of the molecule is CC(CCc1ccc2c(c1)OCO2)N[C@H](C)CO. The highest BCUT2D eigenvalue weighted by molar-refractivity contribution is 5.44. The van der Waals surface area contributed by atoms with Crippen LogP contribution in [0.15, 0.2) is 18.2 Å². The van der Waals surface area contributed by atoms with Crippen molar-refractivity contribution in [2.24, 2.45) is 0 Å². The lowest BCUT2D eigenvalue weighted by Gasteiger charge is -2.18. The molecule has 0 fully saturated rings. The minimum atomic E-state index is 0.150. The second-order valence-electron chi connectivity index (χ2n) is 4.88. The van der Waals surface area contributed by atoms with Crippen molar-refractivity contribution in [3.8, 4) is 11.5 Å². The molecule has 0 amide bonds. The Morgan fingerprint density at radius 1 is 1.22 bits per heavy atom. The van der Waals surface area contributed by atoms with Crippen molar-refractivity contribution in [2.45, 2.75) is 38.8 Å². The number of rotatable bonds is 6. The molecule has 0 aliphatic carbocycles. The molecule has 1 aromatic rings. The number of nitrogens with one attached hydrogen (secondary N) is 1. The van der Waals surface area contributed by atoms with Crippen LogP contribution in [0.3, 0.4) is 0 Å². The molecule has 1 aromatic carbocycles. The van der Waals surface area contributed by atoms with Gasteiger partial charge in [-0.1, -0.05) is 6.07 Å². The van der Waals surface area contributed by atoms with Crippen LogP contribution in [0.4, 0.5) is 0 Å². The summed E-state index contributed by atoms with van der Waals surface area (Å²) >= 11 is 0. The van der Waals surface area contributed by atoms with Crippen LogP contribution in [0.1, 0.15) is 25.8 Å². The maximum atomic E-state index is 8.98. The second kappa shape index (κ2) is 6.07. The Morgan fingerprint density at radius 2 is 2.00 bits per heavy atom. The Morgan fingerprint density at radius 3 is 2.78 bits per heavy atom. The predicted molar refractivity (Wildman–Crippen MR) is 70.0 cm³/mol. The molecule has 0 saturated heterocycles. The molecule has 0 spiro atoms. The molecule has 0 radical (unpaired) electrons. The zero-order valence-corrected chi connectivity index (χ0v) is 11.0. The first-order chi connectivity index (χ1) is 8.69. The van der Waals surface area contributed by atoms with Gasteiger partial charge in [-0.3, -0.25) is 0 Å². The number of fused-ring (bicyclic) bond motifs is 1. The summed E-state index contributed by atoms with van der Waals surface area (Å²) in [6.07, 6.45) is 2.02. The van der Waals surface area contributed by atoms with Crippen LogP contribution >= 0.6 is 0 Å². The number of benzene rings is 1. The Labute approximate surface area is 108 Å². The molecule has 4 nitrogen and oxygen atoms in total. The fourth-order valence-electron chi connectivity index (χ4n) is 2.10. The van der Waals surface area contributed by atoms with Gasteiger partial charge in [0, 0.05) is 12.1 Å². The fourth-order valence-corrected chi connectivity index (χ4v) is 2.10. The average Bonchev–Trinajstić information content (AvgIpc) is 2.83. The maximum absolute atomic E-state index is 8.98. The van der Waals surface area contributed by atoms with Crippen LogP contribution in [-0.2, 0) is 6.42 Å². The summed E-state index contributed by atoms with van der Waals surface area (Å²) in [6.45, 7) is 4.62. The van der Waals surface area contributed by atoms with E-state index in [0.717, 1.165) is 24.3 Å².